The van der Waals surface area contributed by atoms with Gasteiger partial charge in [0.25, 0.3) is 5.91 Å². The van der Waals surface area contributed by atoms with Gasteiger partial charge in [-0.25, -0.2) is 0 Å². The first kappa shape index (κ1) is 16.8. The number of carbonyl (C=O) groups is 1. The molecule has 5 heteroatoms. The Labute approximate surface area is 140 Å². The van der Waals surface area contributed by atoms with E-state index in [1.54, 1.807) is 18.2 Å². The van der Waals surface area contributed by atoms with E-state index in [4.69, 9.17) is 23.2 Å². The van der Waals surface area contributed by atoms with Crippen LogP contribution < -0.4 is 10.6 Å². The van der Waals surface area contributed by atoms with E-state index in [2.05, 4.69) is 24.4 Å². The van der Waals surface area contributed by atoms with Gasteiger partial charge in [0.2, 0.25) is 0 Å². The predicted molar refractivity (Wildman–Crippen MR) is 91.3 cm³/mol. The molecule has 116 valence electrons. The van der Waals surface area contributed by atoms with Crippen molar-refractivity contribution in [2.75, 3.05) is 5.32 Å². The van der Waals surface area contributed by atoms with Crippen LogP contribution >= 0.6 is 23.2 Å². The average molecular weight is 338 g/mol. The van der Waals surface area contributed by atoms with E-state index in [9.17, 15) is 4.79 Å². The van der Waals surface area contributed by atoms with Crippen LogP contribution in [0.25, 0.3) is 0 Å². The largest absolute Gasteiger partial charge is 0.330 e. The van der Waals surface area contributed by atoms with E-state index in [-0.39, 0.29) is 18.0 Å². The first-order chi connectivity index (χ1) is 10.5. The number of amides is 1. The number of hydrogen-bond donors (Lipinski definition) is 2. The third-order valence-corrected chi connectivity index (χ3v) is 4.05. The van der Waals surface area contributed by atoms with Gasteiger partial charge < -0.3 is 10.6 Å². The molecule has 0 aliphatic heterocycles. The van der Waals surface area contributed by atoms with Gasteiger partial charge in [-0.15, -0.1) is 0 Å². The summed E-state index contributed by atoms with van der Waals surface area (Å²) < 4.78 is 0. The van der Waals surface area contributed by atoms with E-state index in [0.717, 1.165) is 0 Å². The Bertz CT molecular complexity index is 646. The number of quaternary nitrogens is 1. The lowest BCUT2D eigenvalue weighted by Crippen LogP contribution is -2.91. The monoisotopic (exact) mass is 337 g/mol. The number of nitrogens with two attached hydrogens (primary N) is 1. The van der Waals surface area contributed by atoms with Crippen molar-refractivity contribution >= 4 is 34.8 Å². The van der Waals surface area contributed by atoms with E-state index in [0.29, 0.717) is 15.7 Å². The molecule has 2 atom stereocenters. The van der Waals surface area contributed by atoms with Crippen LogP contribution in [0.5, 0.6) is 0 Å². The van der Waals surface area contributed by atoms with E-state index in [1.807, 2.05) is 30.4 Å². The number of nitrogens with one attached hydrogen (secondary N) is 1. The standard InChI is InChI=1S/C17H18Cl2N2O/c1-11(13-6-4-3-5-7-13)20-12(2)17(22)21-16-9-8-14(18)10-15(16)19/h3-12,20H,1-2H3,(H,21,22)/p+1/t11-,12+/m1/s1. The molecule has 22 heavy (non-hydrogen) atoms. The summed E-state index contributed by atoms with van der Waals surface area (Å²) in [6.45, 7) is 3.95. The van der Waals surface area contributed by atoms with Crippen molar-refractivity contribution in [3.05, 3.63) is 64.1 Å². The highest BCUT2D eigenvalue weighted by Crippen LogP contribution is 2.25. The van der Waals surface area contributed by atoms with Gasteiger partial charge in [0, 0.05) is 10.6 Å². The maximum atomic E-state index is 12.3. The lowest BCUT2D eigenvalue weighted by atomic mass is 10.1. The lowest BCUT2D eigenvalue weighted by molar-refractivity contribution is -0.709. The molecular formula is C17H19Cl2N2O+. The van der Waals surface area contributed by atoms with Crippen LogP contribution in [-0.2, 0) is 4.79 Å². The molecule has 0 radical (unpaired) electrons. The molecule has 0 bridgehead atoms. The molecule has 0 saturated carbocycles. The molecule has 3 N–H and O–H groups in total. The molecule has 0 fully saturated rings. The maximum absolute atomic E-state index is 12.3. The summed E-state index contributed by atoms with van der Waals surface area (Å²) in [6.07, 6.45) is 0. The fourth-order valence-electron chi connectivity index (χ4n) is 2.23. The van der Waals surface area contributed by atoms with E-state index < -0.39 is 0 Å². The SMILES string of the molecule is C[C@H]([NH2+][C@H](C)c1ccccc1)C(=O)Nc1ccc(Cl)cc1Cl. The fourth-order valence-corrected chi connectivity index (χ4v) is 2.68. The molecule has 0 aliphatic carbocycles. The summed E-state index contributed by atoms with van der Waals surface area (Å²) in [5, 5.41) is 5.83. The number of carbonyl (C=O) groups excluding carboxylic acids is 1. The van der Waals surface area contributed by atoms with Gasteiger partial charge in [-0.2, -0.15) is 0 Å². The van der Waals surface area contributed by atoms with Crippen molar-refractivity contribution in [2.24, 2.45) is 0 Å². The van der Waals surface area contributed by atoms with Gasteiger partial charge in [0.05, 0.1) is 10.7 Å². The van der Waals surface area contributed by atoms with Crippen molar-refractivity contribution in [2.45, 2.75) is 25.9 Å². The number of hydrogen-bond acceptors (Lipinski definition) is 1. The van der Waals surface area contributed by atoms with Crippen LogP contribution in [0.1, 0.15) is 25.5 Å². The quantitative estimate of drug-likeness (QED) is 0.859. The van der Waals surface area contributed by atoms with Crippen LogP contribution in [0.15, 0.2) is 48.5 Å². The van der Waals surface area contributed by atoms with Crippen LogP contribution in [0.2, 0.25) is 10.0 Å². The first-order valence-electron chi connectivity index (χ1n) is 7.13. The summed E-state index contributed by atoms with van der Waals surface area (Å²) in [7, 11) is 0. The normalized spacial score (nSPS) is 13.5. The second kappa shape index (κ2) is 7.63. The molecule has 0 heterocycles. The third kappa shape index (κ3) is 4.47. The average Bonchev–Trinajstić information content (AvgIpc) is 2.50. The minimum Gasteiger partial charge on any atom is -0.330 e. The van der Waals surface area contributed by atoms with Crippen molar-refractivity contribution < 1.29 is 10.1 Å². The molecule has 2 aromatic rings. The topological polar surface area (TPSA) is 45.7 Å². The fraction of sp³-hybridized carbons (Fsp3) is 0.235. The highest BCUT2D eigenvalue weighted by molar-refractivity contribution is 6.36. The van der Waals surface area contributed by atoms with Gasteiger partial charge in [-0.05, 0) is 32.0 Å². The minimum absolute atomic E-state index is 0.0907. The Balaban J connectivity index is 1.97. The third-order valence-electron chi connectivity index (χ3n) is 3.51. The summed E-state index contributed by atoms with van der Waals surface area (Å²) in [5.74, 6) is -0.0907. The summed E-state index contributed by atoms with van der Waals surface area (Å²) in [6, 6.07) is 15.1. The highest BCUT2D eigenvalue weighted by atomic mass is 35.5. The Morgan fingerprint density at radius 2 is 1.77 bits per heavy atom. The van der Waals surface area contributed by atoms with Crippen molar-refractivity contribution in [1.82, 2.24) is 0 Å². The van der Waals surface area contributed by atoms with Crippen LogP contribution in [0.3, 0.4) is 0 Å². The molecule has 3 nitrogen and oxygen atoms in total. The second-order valence-electron chi connectivity index (χ2n) is 5.29. The Kier molecular flexibility index (Phi) is 5.83. The molecule has 2 rings (SSSR count). The second-order valence-corrected chi connectivity index (χ2v) is 6.14. The van der Waals surface area contributed by atoms with Gasteiger partial charge in [0.15, 0.2) is 6.04 Å². The summed E-state index contributed by atoms with van der Waals surface area (Å²) >= 11 is 11.9. The van der Waals surface area contributed by atoms with Crippen LogP contribution in [0.4, 0.5) is 5.69 Å². The van der Waals surface area contributed by atoms with Crippen LogP contribution in [-0.4, -0.2) is 11.9 Å². The van der Waals surface area contributed by atoms with Gasteiger partial charge in [-0.1, -0.05) is 53.5 Å². The van der Waals surface area contributed by atoms with Gasteiger partial charge in [0.1, 0.15) is 6.04 Å². The number of halogens is 2. The zero-order chi connectivity index (χ0) is 16.1. The molecule has 0 aliphatic rings. The van der Waals surface area contributed by atoms with Crippen molar-refractivity contribution in [1.29, 1.82) is 0 Å². The summed E-state index contributed by atoms with van der Waals surface area (Å²) in [5.41, 5.74) is 1.76. The number of benzene rings is 2. The molecule has 0 spiro atoms. The Hall–Kier alpha value is -1.55. The molecule has 1 amide bonds. The summed E-state index contributed by atoms with van der Waals surface area (Å²) in [4.78, 5) is 12.3. The smallest absolute Gasteiger partial charge is 0.282 e. The zero-order valence-electron chi connectivity index (χ0n) is 12.5. The van der Waals surface area contributed by atoms with Crippen molar-refractivity contribution in [3.63, 3.8) is 0 Å². The van der Waals surface area contributed by atoms with Gasteiger partial charge >= 0.3 is 0 Å². The highest BCUT2D eigenvalue weighted by Gasteiger charge is 2.20. The molecule has 0 aromatic heterocycles. The maximum Gasteiger partial charge on any atom is 0.282 e. The number of rotatable bonds is 5. The first-order valence-corrected chi connectivity index (χ1v) is 7.89. The Morgan fingerprint density at radius 3 is 2.41 bits per heavy atom. The molecule has 0 saturated heterocycles. The van der Waals surface area contributed by atoms with E-state index in [1.165, 1.54) is 5.56 Å². The minimum atomic E-state index is -0.234. The van der Waals surface area contributed by atoms with E-state index >= 15 is 0 Å². The van der Waals surface area contributed by atoms with Crippen molar-refractivity contribution in [3.8, 4) is 0 Å². The Morgan fingerprint density at radius 1 is 1.09 bits per heavy atom. The van der Waals surface area contributed by atoms with Gasteiger partial charge in [-0.3, -0.25) is 4.79 Å². The molecule has 2 aromatic carbocycles. The lowest BCUT2D eigenvalue weighted by Gasteiger charge is -2.17. The number of anilines is 1. The predicted octanol–water partition coefficient (Wildman–Crippen LogP) is 3.65. The van der Waals surface area contributed by atoms with Crippen LogP contribution in [0, 0.1) is 0 Å². The zero-order valence-corrected chi connectivity index (χ0v) is 14.0. The molecular weight excluding hydrogens is 319 g/mol. The molecule has 0 unspecified atom stereocenters.